The molecule has 1 saturated heterocycles. The maximum absolute atomic E-state index is 13.0. The van der Waals surface area contributed by atoms with Crippen LogP contribution in [0.5, 0.6) is 5.75 Å². The van der Waals surface area contributed by atoms with Gasteiger partial charge >= 0.3 is 0 Å². The highest BCUT2D eigenvalue weighted by molar-refractivity contribution is 5.93. The fourth-order valence-corrected chi connectivity index (χ4v) is 3.57. The Labute approximate surface area is 159 Å². The molecule has 1 N–H and O–H groups in total. The van der Waals surface area contributed by atoms with Gasteiger partial charge in [-0.05, 0) is 29.8 Å². The van der Waals surface area contributed by atoms with Crippen molar-refractivity contribution in [2.45, 2.75) is 6.54 Å². The van der Waals surface area contributed by atoms with E-state index in [0.717, 1.165) is 11.4 Å². The SMILES string of the molecule is O=C(c1cccn1Cc1ccccc1)N1CCN(c2ccccc2O)CC1. The minimum absolute atomic E-state index is 0.0628. The van der Waals surface area contributed by atoms with Crippen LogP contribution >= 0.6 is 0 Å². The van der Waals surface area contributed by atoms with Gasteiger partial charge in [-0.2, -0.15) is 0 Å². The highest BCUT2D eigenvalue weighted by Crippen LogP contribution is 2.27. The summed E-state index contributed by atoms with van der Waals surface area (Å²) >= 11 is 0. The van der Waals surface area contributed by atoms with Crippen LogP contribution in [0, 0.1) is 0 Å². The smallest absolute Gasteiger partial charge is 0.270 e. The van der Waals surface area contributed by atoms with Crippen LogP contribution in [-0.4, -0.2) is 46.7 Å². The number of para-hydroxylation sites is 2. The van der Waals surface area contributed by atoms with E-state index in [2.05, 4.69) is 17.0 Å². The summed E-state index contributed by atoms with van der Waals surface area (Å²) in [5.74, 6) is 0.349. The third kappa shape index (κ3) is 3.67. The van der Waals surface area contributed by atoms with Gasteiger partial charge in [0, 0.05) is 38.9 Å². The molecule has 1 amide bonds. The highest BCUT2D eigenvalue weighted by Gasteiger charge is 2.25. The van der Waals surface area contributed by atoms with Gasteiger partial charge in [-0.3, -0.25) is 4.79 Å². The van der Waals surface area contributed by atoms with E-state index in [0.29, 0.717) is 32.7 Å². The Kier molecular flexibility index (Phi) is 4.83. The summed E-state index contributed by atoms with van der Waals surface area (Å²) in [6, 6.07) is 21.3. The third-order valence-corrected chi connectivity index (χ3v) is 5.03. The van der Waals surface area contributed by atoms with Crippen molar-refractivity contribution in [1.29, 1.82) is 0 Å². The number of aromatic hydroxyl groups is 1. The average molecular weight is 361 g/mol. The normalized spacial score (nSPS) is 14.4. The van der Waals surface area contributed by atoms with Crippen molar-refractivity contribution in [2.24, 2.45) is 0 Å². The molecular weight excluding hydrogens is 338 g/mol. The lowest BCUT2D eigenvalue weighted by Gasteiger charge is -2.36. The first-order valence-corrected chi connectivity index (χ1v) is 9.23. The van der Waals surface area contributed by atoms with Crippen molar-refractivity contribution in [3.8, 4) is 5.75 Å². The summed E-state index contributed by atoms with van der Waals surface area (Å²) in [4.78, 5) is 17.0. The van der Waals surface area contributed by atoms with E-state index >= 15 is 0 Å². The second-order valence-electron chi connectivity index (χ2n) is 6.77. The van der Waals surface area contributed by atoms with Crippen molar-refractivity contribution in [1.82, 2.24) is 9.47 Å². The summed E-state index contributed by atoms with van der Waals surface area (Å²) in [7, 11) is 0. The number of phenols is 1. The van der Waals surface area contributed by atoms with E-state index in [1.807, 2.05) is 64.2 Å². The Morgan fingerprint density at radius 2 is 1.56 bits per heavy atom. The summed E-state index contributed by atoms with van der Waals surface area (Å²) in [5.41, 5.74) is 2.72. The van der Waals surface area contributed by atoms with Gasteiger partial charge in [0.25, 0.3) is 5.91 Å². The van der Waals surface area contributed by atoms with Gasteiger partial charge in [0.15, 0.2) is 0 Å². The number of aromatic nitrogens is 1. The average Bonchev–Trinajstić information content (AvgIpc) is 3.17. The standard InChI is InChI=1S/C22H23N3O2/c26-21-11-5-4-9-19(21)23-13-15-24(16-14-23)22(27)20-10-6-12-25(20)17-18-7-2-1-3-8-18/h1-12,26H,13-17H2. The summed E-state index contributed by atoms with van der Waals surface area (Å²) in [5, 5.41) is 10.0. The predicted molar refractivity (Wildman–Crippen MR) is 106 cm³/mol. The fraction of sp³-hybridized carbons (Fsp3) is 0.227. The van der Waals surface area contributed by atoms with Crippen LogP contribution in [0.15, 0.2) is 72.9 Å². The van der Waals surface area contributed by atoms with Crippen molar-refractivity contribution < 1.29 is 9.90 Å². The van der Waals surface area contributed by atoms with Gasteiger partial charge in [0.1, 0.15) is 11.4 Å². The molecule has 0 saturated carbocycles. The molecule has 1 aliphatic rings. The zero-order valence-electron chi connectivity index (χ0n) is 15.2. The number of carbonyl (C=O) groups is 1. The molecule has 3 aromatic rings. The number of carbonyl (C=O) groups excluding carboxylic acids is 1. The summed E-state index contributed by atoms with van der Waals surface area (Å²) < 4.78 is 2.01. The number of phenolic OH excluding ortho intramolecular Hbond substituents is 1. The van der Waals surface area contributed by atoms with Crippen molar-refractivity contribution in [3.05, 3.63) is 84.2 Å². The largest absolute Gasteiger partial charge is 0.506 e. The first-order chi connectivity index (χ1) is 13.2. The molecule has 0 atom stereocenters. The fourth-order valence-electron chi connectivity index (χ4n) is 3.57. The van der Waals surface area contributed by atoms with Crippen LogP contribution < -0.4 is 4.90 Å². The number of hydrogen-bond donors (Lipinski definition) is 1. The van der Waals surface area contributed by atoms with Crippen LogP contribution in [0.2, 0.25) is 0 Å². The first-order valence-electron chi connectivity index (χ1n) is 9.23. The van der Waals surface area contributed by atoms with E-state index in [4.69, 9.17) is 0 Å². The Hall–Kier alpha value is -3.21. The zero-order chi connectivity index (χ0) is 18.6. The molecule has 0 radical (unpaired) electrons. The summed E-state index contributed by atoms with van der Waals surface area (Å²) in [6.45, 7) is 3.39. The van der Waals surface area contributed by atoms with Crippen LogP contribution in [-0.2, 0) is 6.54 Å². The number of hydrogen-bond acceptors (Lipinski definition) is 3. The molecule has 0 bridgehead atoms. The number of nitrogens with zero attached hydrogens (tertiary/aromatic N) is 3. The minimum atomic E-state index is 0.0628. The molecule has 4 rings (SSSR count). The molecule has 5 nitrogen and oxygen atoms in total. The Morgan fingerprint density at radius 1 is 0.852 bits per heavy atom. The molecule has 0 unspecified atom stereocenters. The number of amides is 1. The van der Waals surface area contributed by atoms with Gasteiger partial charge < -0.3 is 19.5 Å². The second-order valence-corrected chi connectivity index (χ2v) is 6.77. The number of anilines is 1. The third-order valence-electron chi connectivity index (χ3n) is 5.03. The molecule has 0 spiro atoms. The van der Waals surface area contributed by atoms with E-state index in [1.54, 1.807) is 6.07 Å². The van der Waals surface area contributed by atoms with Gasteiger partial charge in [-0.15, -0.1) is 0 Å². The number of rotatable bonds is 4. The molecule has 27 heavy (non-hydrogen) atoms. The Morgan fingerprint density at radius 3 is 2.30 bits per heavy atom. The van der Waals surface area contributed by atoms with Crippen molar-refractivity contribution in [3.63, 3.8) is 0 Å². The molecule has 2 aromatic carbocycles. The van der Waals surface area contributed by atoms with E-state index < -0.39 is 0 Å². The van der Waals surface area contributed by atoms with Gasteiger partial charge in [-0.25, -0.2) is 0 Å². The van der Waals surface area contributed by atoms with E-state index in [9.17, 15) is 9.90 Å². The van der Waals surface area contributed by atoms with Crippen LogP contribution in [0.3, 0.4) is 0 Å². The molecule has 1 aromatic heterocycles. The van der Waals surface area contributed by atoms with Gasteiger partial charge in [-0.1, -0.05) is 42.5 Å². The van der Waals surface area contributed by atoms with Gasteiger partial charge in [0.2, 0.25) is 0 Å². The van der Waals surface area contributed by atoms with Crippen LogP contribution in [0.1, 0.15) is 16.1 Å². The Bertz CT molecular complexity index is 912. The molecule has 1 aliphatic heterocycles. The quantitative estimate of drug-likeness (QED) is 0.776. The number of benzene rings is 2. The molecular formula is C22H23N3O2. The van der Waals surface area contributed by atoms with E-state index in [-0.39, 0.29) is 11.7 Å². The Balaban J connectivity index is 1.43. The zero-order valence-corrected chi connectivity index (χ0v) is 15.2. The minimum Gasteiger partial charge on any atom is -0.506 e. The second kappa shape index (κ2) is 7.58. The maximum atomic E-state index is 13.0. The molecule has 138 valence electrons. The molecule has 1 fully saturated rings. The lowest BCUT2D eigenvalue weighted by Crippen LogP contribution is -2.49. The molecule has 2 heterocycles. The van der Waals surface area contributed by atoms with Crippen LogP contribution in [0.25, 0.3) is 0 Å². The van der Waals surface area contributed by atoms with Crippen molar-refractivity contribution in [2.75, 3.05) is 31.1 Å². The van der Waals surface area contributed by atoms with Gasteiger partial charge in [0.05, 0.1) is 5.69 Å². The summed E-state index contributed by atoms with van der Waals surface area (Å²) in [6.07, 6.45) is 1.96. The predicted octanol–water partition coefficient (Wildman–Crippen LogP) is 3.20. The van der Waals surface area contributed by atoms with Crippen molar-refractivity contribution >= 4 is 11.6 Å². The maximum Gasteiger partial charge on any atom is 0.270 e. The molecule has 0 aliphatic carbocycles. The number of piperazine rings is 1. The topological polar surface area (TPSA) is 48.7 Å². The monoisotopic (exact) mass is 361 g/mol. The van der Waals surface area contributed by atoms with E-state index in [1.165, 1.54) is 5.56 Å². The van der Waals surface area contributed by atoms with Crippen LogP contribution in [0.4, 0.5) is 5.69 Å². The lowest BCUT2D eigenvalue weighted by molar-refractivity contribution is 0.0736. The lowest BCUT2D eigenvalue weighted by atomic mass is 10.2. The highest BCUT2D eigenvalue weighted by atomic mass is 16.3. The first kappa shape index (κ1) is 17.2. The molecule has 5 heteroatoms.